The molecular formula is C29H42FN7O3S. The van der Waals surface area contributed by atoms with Crippen LogP contribution in [0.25, 0.3) is 0 Å². The average molecular weight is 588 g/mol. The first-order chi connectivity index (χ1) is 19.8. The Morgan fingerprint density at radius 1 is 1.05 bits per heavy atom. The number of alkyl halides is 1. The van der Waals surface area contributed by atoms with Gasteiger partial charge in [-0.15, -0.1) is 0 Å². The van der Waals surface area contributed by atoms with Crippen molar-refractivity contribution in [1.82, 2.24) is 19.1 Å². The number of nitrogens with zero attached hydrogens (tertiary/aromatic N) is 4. The van der Waals surface area contributed by atoms with Crippen molar-refractivity contribution in [2.45, 2.75) is 106 Å². The summed E-state index contributed by atoms with van der Waals surface area (Å²) in [6, 6.07) is 1.89. The van der Waals surface area contributed by atoms with Gasteiger partial charge in [-0.05, 0) is 56.1 Å². The number of piperidine rings is 1. The van der Waals surface area contributed by atoms with Crippen LogP contribution in [0.4, 0.5) is 21.7 Å². The van der Waals surface area contributed by atoms with E-state index in [4.69, 9.17) is 5.73 Å². The van der Waals surface area contributed by atoms with Gasteiger partial charge in [-0.2, -0.15) is 5.10 Å². The summed E-state index contributed by atoms with van der Waals surface area (Å²) in [5.74, 6) is 0.246. The Labute approximate surface area is 241 Å². The second-order valence-electron chi connectivity index (χ2n) is 12.3. The molecule has 4 heterocycles. The molecule has 2 aliphatic heterocycles. The van der Waals surface area contributed by atoms with E-state index in [2.05, 4.69) is 20.7 Å². The largest absolute Gasteiger partial charge is 0.381 e. The summed E-state index contributed by atoms with van der Waals surface area (Å²) in [6.45, 7) is 1.06. The predicted molar refractivity (Wildman–Crippen MR) is 157 cm³/mol. The zero-order valence-electron chi connectivity index (χ0n) is 23.7. The maximum atomic E-state index is 15.7. The third-order valence-electron chi connectivity index (χ3n) is 9.61. The smallest absolute Gasteiger partial charge is 0.263 e. The fraction of sp³-hybridized carbons (Fsp3) is 0.690. The zero-order chi connectivity index (χ0) is 28.6. The fourth-order valence-corrected chi connectivity index (χ4v) is 8.97. The van der Waals surface area contributed by atoms with E-state index < -0.39 is 27.6 Å². The first-order valence-electron chi connectivity index (χ1n) is 15.3. The highest BCUT2D eigenvalue weighted by Crippen LogP contribution is 2.44. The molecule has 0 bridgehead atoms. The molecule has 10 nitrogen and oxygen atoms in total. The maximum Gasteiger partial charge on any atom is 0.263 e. The Morgan fingerprint density at radius 2 is 1.71 bits per heavy atom. The average Bonchev–Trinajstić information content (AvgIpc) is 3.78. The van der Waals surface area contributed by atoms with Crippen LogP contribution < -0.4 is 16.4 Å². The molecule has 2 aromatic heterocycles. The molecule has 1 saturated heterocycles. The molecule has 1 amide bonds. The first kappa shape index (κ1) is 28.4. The molecule has 2 aromatic rings. The molecule has 2 saturated carbocycles. The van der Waals surface area contributed by atoms with E-state index >= 15 is 4.39 Å². The molecule has 2 aliphatic carbocycles. The number of pyridine rings is 1. The lowest BCUT2D eigenvalue weighted by Gasteiger charge is -2.42. The summed E-state index contributed by atoms with van der Waals surface area (Å²) in [5, 5.41) is 10.5. The van der Waals surface area contributed by atoms with Crippen molar-refractivity contribution in [3.05, 3.63) is 29.6 Å². The molecule has 1 atom stereocenters. The molecule has 6 rings (SSSR count). The number of hydrogen-bond donors (Lipinski definition) is 3. The molecule has 1 spiro atoms. The van der Waals surface area contributed by atoms with Gasteiger partial charge in [-0.25, -0.2) is 21.8 Å². The minimum Gasteiger partial charge on any atom is -0.381 e. The molecular weight excluding hydrogens is 545 g/mol. The number of rotatable bonds is 5. The number of carbonyl (C=O) groups excluding carboxylic acids is 1. The molecule has 4 aliphatic rings. The number of nitrogens with one attached hydrogen (secondary N) is 2. The Hall–Kier alpha value is -2.73. The second kappa shape index (κ2) is 11.5. The normalized spacial score (nSPS) is 24.4. The van der Waals surface area contributed by atoms with Crippen LogP contribution in [-0.2, 0) is 15.6 Å². The van der Waals surface area contributed by atoms with Crippen molar-refractivity contribution in [3.63, 3.8) is 0 Å². The quantitative estimate of drug-likeness (QED) is 0.459. The molecule has 4 N–H and O–H groups in total. The molecule has 12 heteroatoms. The van der Waals surface area contributed by atoms with Gasteiger partial charge in [-0.3, -0.25) is 9.78 Å². The van der Waals surface area contributed by atoms with Gasteiger partial charge in [0, 0.05) is 25.8 Å². The lowest BCUT2D eigenvalue weighted by Crippen LogP contribution is -2.51. The minimum atomic E-state index is -3.20. The van der Waals surface area contributed by atoms with Gasteiger partial charge in [0.25, 0.3) is 5.91 Å². The van der Waals surface area contributed by atoms with Crippen LogP contribution >= 0.6 is 0 Å². The van der Waals surface area contributed by atoms with Gasteiger partial charge in [0.2, 0.25) is 10.0 Å². The van der Waals surface area contributed by atoms with Crippen molar-refractivity contribution >= 4 is 33.3 Å². The summed E-state index contributed by atoms with van der Waals surface area (Å²) < 4.78 is 44.4. The Kier molecular flexibility index (Phi) is 7.97. The minimum absolute atomic E-state index is 0.0830. The number of nitrogen functional groups attached to an aromatic ring is 1. The van der Waals surface area contributed by atoms with E-state index in [1.165, 1.54) is 6.42 Å². The van der Waals surface area contributed by atoms with E-state index in [9.17, 15) is 13.2 Å². The number of halogens is 1. The number of fused-ring (bicyclic) bond motifs is 2. The van der Waals surface area contributed by atoms with Crippen LogP contribution in [0.3, 0.4) is 0 Å². The number of anilines is 3. The number of sulfonamides is 1. The van der Waals surface area contributed by atoms with Crippen LogP contribution in [0, 0.1) is 0 Å². The Morgan fingerprint density at radius 3 is 2.37 bits per heavy atom. The van der Waals surface area contributed by atoms with E-state index in [0.717, 1.165) is 56.9 Å². The number of nitrogens with two attached hydrogens (primary N) is 1. The molecule has 41 heavy (non-hydrogen) atoms. The van der Waals surface area contributed by atoms with E-state index in [-0.39, 0.29) is 29.1 Å². The molecule has 224 valence electrons. The van der Waals surface area contributed by atoms with Gasteiger partial charge in [0.05, 0.1) is 22.7 Å². The monoisotopic (exact) mass is 587 g/mol. The number of carbonyl (C=O) groups is 1. The molecule has 3 fully saturated rings. The Bertz CT molecular complexity index is 1360. The molecule has 1 unspecified atom stereocenters. The van der Waals surface area contributed by atoms with Crippen LogP contribution in [0.2, 0.25) is 0 Å². The van der Waals surface area contributed by atoms with E-state index in [1.807, 2.05) is 6.07 Å². The van der Waals surface area contributed by atoms with Crippen LogP contribution in [-0.4, -0.2) is 64.5 Å². The summed E-state index contributed by atoms with van der Waals surface area (Å²) in [7, 11) is -3.20. The van der Waals surface area contributed by atoms with Crippen molar-refractivity contribution in [2.24, 2.45) is 0 Å². The highest BCUT2D eigenvalue weighted by Gasteiger charge is 2.47. The van der Waals surface area contributed by atoms with Gasteiger partial charge >= 0.3 is 0 Å². The van der Waals surface area contributed by atoms with Gasteiger partial charge in [-0.1, -0.05) is 44.9 Å². The van der Waals surface area contributed by atoms with E-state index in [1.54, 1.807) is 21.4 Å². The van der Waals surface area contributed by atoms with Gasteiger partial charge in [0.1, 0.15) is 17.6 Å². The summed E-state index contributed by atoms with van der Waals surface area (Å²) >= 11 is 0. The van der Waals surface area contributed by atoms with Crippen LogP contribution in [0.15, 0.2) is 18.5 Å². The molecule has 0 radical (unpaired) electrons. The number of aromatic nitrogens is 3. The van der Waals surface area contributed by atoms with Crippen molar-refractivity contribution in [1.29, 1.82) is 0 Å². The maximum absolute atomic E-state index is 15.7. The Balaban J connectivity index is 1.22. The lowest BCUT2D eigenvalue weighted by molar-refractivity contribution is 0.0721. The topological polar surface area (TPSA) is 135 Å². The third kappa shape index (κ3) is 5.45. The van der Waals surface area contributed by atoms with Crippen LogP contribution in [0.1, 0.15) is 105 Å². The second-order valence-corrected chi connectivity index (χ2v) is 14.5. The number of amides is 1. The summed E-state index contributed by atoms with van der Waals surface area (Å²) in [6.07, 6.45) is 13.9. The summed E-state index contributed by atoms with van der Waals surface area (Å²) in [5.41, 5.74) is 7.30. The number of hydrogen-bond acceptors (Lipinski definition) is 7. The highest BCUT2D eigenvalue weighted by atomic mass is 32.2. The standard InChI is InChI=1S/C29H42FN7O3S/c30-24-19-33-27-25(26(31)35-37(27)29(24)13-6-4-2-1-3-5-7-14-29)28(38)34-23-18-32-15-10-22(23)20-11-16-36(17-12-20)41(39,40)21-8-9-21/h10,15,18,20-21,24,33H,1-9,11-14,16-17,19H2,(H2,31,35)(H,34,38). The SMILES string of the molecule is Nc1nn2c(c1C(=O)Nc1cnccc1C1CCN(S(=O)(=O)C3CC3)CC1)NCC(F)C21CCCCCCCCC1. The van der Waals surface area contributed by atoms with Crippen molar-refractivity contribution in [2.75, 3.05) is 36.0 Å². The van der Waals surface area contributed by atoms with Gasteiger partial charge < -0.3 is 16.4 Å². The first-order valence-corrected chi connectivity index (χ1v) is 16.8. The third-order valence-corrected chi connectivity index (χ3v) is 12.0. The fourth-order valence-electron chi connectivity index (χ4n) is 7.10. The zero-order valence-corrected chi connectivity index (χ0v) is 24.5. The predicted octanol–water partition coefficient (Wildman–Crippen LogP) is 4.77. The van der Waals surface area contributed by atoms with E-state index in [0.29, 0.717) is 50.3 Å². The lowest BCUT2D eigenvalue weighted by atomic mass is 9.80. The summed E-state index contributed by atoms with van der Waals surface area (Å²) in [4.78, 5) is 18.0. The van der Waals surface area contributed by atoms with Crippen molar-refractivity contribution in [3.8, 4) is 0 Å². The van der Waals surface area contributed by atoms with Gasteiger partial charge in [0.15, 0.2) is 5.82 Å². The van der Waals surface area contributed by atoms with Crippen molar-refractivity contribution < 1.29 is 17.6 Å². The molecule has 0 aromatic carbocycles. The highest BCUT2D eigenvalue weighted by molar-refractivity contribution is 7.90. The van der Waals surface area contributed by atoms with Crippen LogP contribution in [0.5, 0.6) is 0 Å².